The van der Waals surface area contributed by atoms with Crippen LogP contribution in [0.3, 0.4) is 0 Å². The van der Waals surface area contributed by atoms with Crippen molar-refractivity contribution in [2.75, 3.05) is 6.54 Å². The number of hydrogen-bond acceptors (Lipinski definition) is 2. The summed E-state index contributed by atoms with van der Waals surface area (Å²) in [4.78, 5) is 10.6. The van der Waals surface area contributed by atoms with Crippen molar-refractivity contribution < 1.29 is 9.90 Å². The van der Waals surface area contributed by atoms with Crippen molar-refractivity contribution in [1.29, 1.82) is 0 Å². The Bertz CT molecular complexity index is 168. The van der Waals surface area contributed by atoms with Crippen molar-refractivity contribution in [2.45, 2.75) is 53.0 Å². The van der Waals surface area contributed by atoms with Gasteiger partial charge in [-0.05, 0) is 31.6 Å². The summed E-state index contributed by atoms with van der Waals surface area (Å²) in [6, 6.07) is -0.445. The second kappa shape index (κ2) is 6.02. The summed E-state index contributed by atoms with van der Waals surface area (Å²) in [5.41, 5.74) is 0.268. The van der Waals surface area contributed by atoms with Crippen molar-refractivity contribution in [3.05, 3.63) is 0 Å². The first-order valence-electron chi connectivity index (χ1n) is 5.47. The number of carboxylic acids is 1. The lowest BCUT2D eigenvalue weighted by atomic mass is 9.79. The van der Waals surface area contributed by atoms with Crippen molar-refractivity contribution in [3.63, 3.8) is 0 Å². The molecule has 0 aromatic heterocycles. The zero-order chi connectivity index (χ0) is 11.2. The molecule has 0 aromatic carbocycles. The monoisotopic (exact) mass is 201 g/mol. The van der Waals surface area contributed by atoms with Gasteiger partial charge in [-0.2, -0.15) is 0 Å². The molecule has 0 heterocycles. The largest absolute Gasteiger partial charge is 0.480 e. The Hall–Kier alpha value is -0.570. The second-order valence-electron chi connectivity index (χ2n) is 4.00. The molecule has 0 saturated heterocycles. The van der Waals surface area contributed by atoms with Gasteiger partial charge in [0.05, 0.1) is 0 Å². The van der Waals surface area contributed by atoms with Gasteiger partial charge in [-0.3, -0.25) is 4.79 Å². The predicted molar refractivity (Wildman–Crippen MR) is 58.4 cm³/mol. The van der Waals surface area contributed by atoms with Crippen LogP contribution >= 0.6 is 0 Å². The summed E-state index contributed by atoms with van der Waals surface area (Å²) >= 11 is 0. The molecular formula is C11H23NO2. The molecule has 3 heteroatoms. The maximum atomic E-state index is 10.6. The fourth-order valence-electron chi connectivity index (χ4n) is 1.58. The summed E-state index contributed by atoms with van der Waals surface area (Å²) in [5.74, 6) is -0.776. The Morgan fingerprint density at radius 1 is 1.29 bits per heavy atom. The predicted octanol–water partition coefficient (Wildman–Crippen LogP) is 2.27. The van der Waals surface area contributed by atoms with Crippen molar-refractivity contribution >= 4 is 5.97 Å². The van der Waals surface area contributed by atoms with E-state index in [4.69, 9.17) is 5.11 Å². The summed E-state index contributed by atoms with van der Waals surface area (Å²) in [5, 5.41) is 11.8. The summed E-state index contributed by atoms with van der Waals surface area (Å²) < 4.78 is 0. The summed E-state index contributed by atoms with van der Waals surface area (Å²) in [6.45, 7) is 8.98. The van der Waals surface area contributed by atoms with E-state index >= 15 is 0 Å². The molecule has 2 N–H and O–H groups in total. The Labute approximate surface area is 86.9 Å². The van der Waals surface area contributed by atoms with Crippen LogP contribution in [0.1, 0.15) is 47.0 Å². The lowest BCUT2D eigenvalue weighted by Crippen LogP contribution is -2.41. The normalized spacial score (nSPS) is 14.0. The van der Waals surface area contributed by atoms with E-state index in [-0.39, 0.29) is 5.41 Å². The van der Waals surface area contributed by atoms with E-state index in [0.717, 1.165) is 25.8 Å². The van der Waals surface area contributed by atoms with Crippen molar-refractivity contribution in [1.82, 2.24) is 5.32 Å². The highest BCUT2D eigenvalue weighted by Crippen LogP contribution is 2.29. The fraction of sp³-hybridized carbons (Fsp3) is 0.909. The molecule has 3 nitrogen and oxygen atoms in total. The molecule has 0 rings (SSSR count). The Morgan fingerprint density at radius 2 is 1.71 bits per heavy atom. The minimum absolute atomic E-state index is 0.268. The lowest BCUT2D eigenvalue weighted by molar-refractivity contribution is -0.139. The van der Waals surface area contributed by atoms with Gasteiger partial charge in [0.15, 0.2) is 0 Å². The molecule has 0 aliphatic carbocycles. The number of nitrogens with one attached hydrogen (secondary N) is 1. The van der Waals surface area contributed by atoms with Crippen molar-refractivity contribution in [3.8, 4) is 0 Å². The van der Waals surface area contributed by atoms with Gasteiger partial charge >= 0.3 is 5.97 Å². The van der Waals surface area contributed by atoms with Gasteiger partial charge in [0.1, 0.15) is 6.04 Å². The standard InChI is InChI=1S/C11H23NO2/c1-5-11(6-2,7-3)8-12-9(4)10(13)14/h9,12H,5-8H2,1-4H3,(H,13,14)/t9-/m0/s1. The van der Waals surface area contributed by atoms with E-state index in [1.165, 1.54) is 0 Å². The first kappa shape index (κ1) is 13.4. The van der Waals surface area contributed by atoms with Gasteiger partial charge < -0.3 is 10.4 Å². The van der Waals surface area contributed by atoms with E-state index in [2.05, 4.69) is 26.1 Å². The number of carboxylic acid groups (broad SMARTS) is 1. The highest BCUT2D eigenvalue weighted by Gasteiger charge is 2.25. The van der Waals surface area contributed by atoms with E-state index in [1.54, 1.807) is 6.92 Å². The minimum Gasteiger partial charge on any atom is -0.480 e. The lowest BCUT2D eigenvalue weighted by Gasteiger charge is -2.31. The molecule has 0 aliphatic heterocycles. The van der Waals surface area contributed by atoms with Crippen LogP contribution in [0.25, 0.3) is 0 Å². The fourth-order valence-corrected chi connectivity index (χ4v) is 1.58. The number of aliphatic carboxylic acids is 1. The number of carbonyl (C=O) groups is 1. The third-order valence-corrected chi connectivity index (χ3v) is 3.40. The van der Waals surface area contributed by atoms with Crippen LogP contribution < -0.4 is 5.32 Å². The second-order valence-corrected chi connectivity index (χ2v) is 4.00. The van der Waals surface area contributed by atoms with Gasteiger partial charge in [0.25, 0.3) is 0 Å². The topological polar surface area (TPSA) is 49.3 Å². The first-order chi connectivity index (χ1) is 6.51. The Morgan fingerprint density at radius 3 is 2.00 bits per heavy atom. The number of hydrogen-bond donors (Lipinski definition) is 2. The van der Waals surface area contributed by atoms with E-state index in [1.807, 2.05) is 0 Å². The molecule has 0 unspecified atom stereocenters. The quantitative estimate of drug-likeness (QED) is 0.664. The molecule has 84 valence electrons. The molecular weight excluding hydrogens is 178 g/mol. The third-order valence-electron chi connectivity index (χ3n) is 3.40. The minimum atomic E-state index is -0.776. The smallest absolute Gasteiger partial charge is 0.320 e. The third kappa shape index (κ3) is 3.66. The van der Waals surface area contributed by atoms with Crippen LogP contribution in [-0.4, -0.2) is 23.7 Å². The van der Waals surface area contributed by atoms with Crippen LogP contribution in [-0.2, 0) is 4.79 Å². The van der Waals surface area contributed by atoms with Gasteiger partial charge in [-0.15, -0.1) is 0 Å². The molecule has 1 atom stereocenters. The molecule has 0 bridgehead atoms. The average molecular weight is 201 g/mol. The highest BCUT2D eigenvalue weighted by atomic mass is 16.4. The van der Waals surface area contributed by atoms with Crippen molar-refractivity contribution in [2.24, 2.45) is 5.41 Å². The van der Waals surface area contributed by atoms with Crippen LogP contribution in [0.5, 0.6) is 0 Å². The average Bonchev–Trinajstić information content (AvgIpc) is 2.20. The summed E-state index contributed by atoms with van der Waals surface area (Å²) in [7, 11) is 0. The van der Waals surface area contributed by atoms with Gasteiger partial charge in [0, 0.05) is 6.54 Å². The highest BCUT2D eigenvalue weighted by molar-refractivity contribution is 5.72. The van der Waals surface area contributed by atoms with E-state index < -0.39 is 12.0 Å². The molecule has 0 amide bonds. The van der Waals surface area contributed by atoms with Gasteiger partial charge in [-0.25, -0.2) is 0 Å². The molecule has 0 spiro atoms. The molecule has 0 fully saturated rings. The maximum Gasteiger partial charge on any atom is 0.320 e. The first-order valence-corrected chi connectivity index (χ1v) is 5.47. The van der Waals surface area contributed by atoms with Gasteiger partial charge in [-0.1, -0.05) is 20.8 Å². The maximum absolute atomic E-state index is 10.6. The number of rotatable bonds is 7. The SMILES string of the molecule is CCC(CC)(CC)CN[C@@H](C)C(=O)O. The molecule has 0 radical (unpaired) electrons. The van der Waals surface area contributed by atoms with Crippen LogP contribution in [0.15, 0.2) is 0 Å². The Balaban J connectivity index is 4.12. The zero-order valence-corrected chi connectivity index (χ0v) is 9.76. The van der Waals surface area contributed by atoms with Gasteiger partial charge in [0.2, 0.25) is 0 Å². The molecule has 0 saturated carbocycles. The molecule has 0 aliphatic rings. The molecule has 14 heavy (non-hydrogen) atoms. The van der Waals surface area contributed by atoms with Crippen LogP contribution in [0.2, 0.25) is 0 Å². The zero-order valence-electron chi connectivity index (χ0n) is 9.76. The Kier molecular flexibility index (Phi) is 5.77. The summed E-state index contributed by atoms with van der Waals surface area (Å²) in [6.07, 6.45) is 3.29. The van der Waals surface area contributed by atoms with Crippen LogP contribution in [0, 0.1) is 5.41 Å². The van der Waals surface area contributed by atoms with E-state index in [9.17, 15) is 4.79 Å². The molecule has 0 aromatic rings. The van der Waals surface area contributed by atoms with E-state index in [0.29, 0.717) is 0 Å². The van der Waals surface area contributed by atoms with Crippen LogP contribution in [0.4, 0.5) is 0 Å².